The quantitative estimate of drug-likeness (QED) is 0.0776. The third kappa shape index (κ3) is 4.43. The predicted molar refractivity (Wildman–Crippen MR) is 129 cm³/mol. The number of fused-ring (bicyclic) bond motifs is 1. The molecular weight excluding hydrogens is 528 g/mol. The molecule has 0 radical (unpaired) electrons. The highest BCUT2D eigenvalue weighted by molar-refractivity contribution is 8.00. The number of nitrogens with one attached hydrogen (secondary N) is 3. The van der Waals surface area contributed by atoms with Crippen LogP contribution in [0.15, 0.2) is 28.1 Å². The Kier molecular flexibility index (Phi) is 6.84. The largest absolute Gasteiger partial charge is 0.477 e. The van der Waals surface area contributed by atoms with Gasteiger partial charge in [-0.25, -0.2) is 10.3 Å². The van der Waals surface area contributed by atoms with Crippen LogP contribution in [0.3, 0.4) is 0 Å². The van der Waals surface area contributed by atoms with Crippen LogP contribution in [-0.4, -0.2) is 107 Å². The van der Waals surface area contributed by atoms with Crippen LogP contribution in [-0.2, 0) is 19.2 Å². The number of aromatic nitrogens is 2. The molecule has 1 aromatic rings. The van der Waals surface area contributed by atoms with Gasteiger partial charge in [0.2, 0.25) is 22.6 Å². The average molecular weight is 551 g/mol. The molecule has 0 bridgehead atoms. The predicted octanol–water partition coefficient (Wildman–Crippen LogP) is -1.22. The molecule has 5 heterocycles. The van der Waals surface area contributed by atoms with E-state index in [1.165, 1.54) is 11.8 Å². The van der Waals surface area contributed by atoms with Crippen LogP contribution >= 0.6 is 23.3 Å². The third-order valence-corrected chi connectivity index (χ3v) is 8.44. The molecule has 6 N–H and O–H groups in total. The molecule has 0 unspecified atom stereocenters. The van der Waals surface area contributed by atoms with Crippen molar-refractivity contribution < 1.29 is 34.7 Å². The van der Waals surface area contributed by atoms with Gasteiger partial charge in [0.1, 0.15) is 17.1 Å². The number of β-lactam (4-membered cyclic amide) rings is 1. The summed E-state index contributed by atoms with van der Waals surface area (Å²) in [5.74, 6) is -3.10. The SMILES string of the molecule is O=C(O)C1=C(/C=C2\CCN([C@@H]3CCNC3)C2=O)CS[C@@H]2[C@H](NC(=O)/C(=N\O)c3nsc(NO)n3)C(=O)N12. The van der Waals surface area contributed by atoms with Crippen molar-refractivity contribution in [1.82, 2.24) is 29.8 Å². The Labute approximate surface area is 217 Å². The van der Waals surface area contributed by atoms with E-state index < -0.39 is 34.9 Å². The van der Waals surface area contributed by atoms with Gasteiger partial charge in [-0.15, -0.1) is 11.8 Å². The second-order valence-corrected chi connectivity index (χ2v) is 10.4. The molecule has 0 saturated carbocycles. The number of carbonyl (C=O) groups excluding carboxylic acids is 3. The van der Waals surface area contributed by atoms with Crippen LogP contribution in [0.4, 0.5) is 5.13 Å². The van der Waals surface area contributed by atoms with E-state index in [4.69, 9.17) is 5.21 Å². The second-order valence-electron chi connectivity index (χ2n) is 8.59. The fourth-order valence-electron chi connectivity index (χ4n) is 4.75. The lowest BCUT2D eigenvalue weighted by Crippen LogP contribution is -2.71. The topological polar surface area (TPSA) is 210 Å². The molecule has 1 aromatic heterocycles. The lowest BCUT2D eigenvalue weighted by molar-refractivity contribution is -0.150. The summed E-state index contributed by atoms with van der Waals surface area (Å²) >= 11 is 1.96. The van der Waals surface area contributed by atoms with E-state index in [-0.39, 0.29) is 34.4 Å². The van der Waals surface area contributed by atoms with Crippen LogP contribution in [0.5, 0.6) is 0 Å². The van der Waals surface area contributed by atoms with Crippen molar-refractivity contribution in [3.8, 4) is 0 Å². The number of aliphatic carboxylic acids is 1. The van der Waals surface area contributed by atoms with E-state index in [1.807, 2.05) is 4.90 Å². The first-order valence-corrected chi connectivity index (χ1v) is 13.1. The first kappa shape index (κ1) is 25.1. The molecule has 37 heavy (non-hydrogen) atoms. The number of oxime groups is 1. The van der Waals surface area contributed by atoms with Crippen molar-refractivity contribution in [2.75, 3.05) is 30.9 Å². The number of hydrogen-bond acceptors (Lipinski definition) is 13. The molecule has 4 aliphatic rings. The molecule has 196 valence electrons. The molecule has 3 amide bonds. The lowest BCUT2D eigenvalue weighted by Gasteiger charge is -2.49. The van der Waals surface area contributed by atoms with Gasteiger partial charge in [0.25, 0.3) is 11.8 Å². The number of amides is 3. The van der Waals surface area contributed by atoms with Crippen molar-refractivity contribution in [2.45, 2.75) is 30.3 Å². The summed E-state index contributed by atoms with van der Waals surface area (Å²) in [4.78, 5) is 57.4. The number of likely N-dealkylation sites (tertiary alicyclic amines) is 1. The molecule has 0 aliphatic carbocycles. The molecule has 0 aromatic carbocycles. The maximum Gasteiger partial charge on any atom is 0.352 e. The zero-order chi connectivity index (χ0) is 26.3. The highest BCUT2D eigenvalue weighted by atomic mass is 32.2. The van der Waals surface area contributed by atoms with Gasteiger partial charge >= 0.3 is 5.97 Å². The summed E-state index contributed by atoms with van der Waals surface area (Å²) in [7, 11) is 0. The minimum Gasteiger partial charge on any atom is -0.477 e. The molecular formula is C20H22N8O7S2. The van der Waals surface area contributed by atoms with Gasteiger partial charge in [0, 0.05) is 42.0 Å². The molecule has 15 nitrogen and oxygen atoms in total. The standard InChI is InChI=1S/C20H22N8O7S2/c29-15(11(24-34)14-23-20(25-35)37-26-14)22-12-17(31)28-13(19(32)33)9(7-36-18(12)28)5-8-2-4-27(16(8)30)10-1-3-21-6-10/h5,10,12,18,21,34-35H,1-4,6-7H2,(H,22,29)(H,32,33)(H,23,25,26)/b8-5+,24-11-/t10-,12-,18-/m1/s1. The van der Waals surface area contributed by atoms with Gasteiger partial charge in [-0.1, -0.05) is 5.16 Å². The Balaban J connectivity index is 1.32. The lowest BCUT2D eigenvalue weighted by atomic mass is 10.0. The van der Waals surface area contributed by atoms with E-state index in [0.29, 0.717) is 35.6 Å². The van der Waals surface area contributed by atoms with Crippen molar-refractivity contribution in [3.05, 3.63) is 28.7 Å². The number of carbonyl (C=O) groups is 4. The van der Waals surface area contributed by atoms with E-state index in [2.05, 4.69) is 25.1 Å². The first-order chi connectivity index (χ1) is 17.8. The van der Waals surface area contributed by atoms with Gasteiger partial charge in [-0.3, -0.25) is 24.5 Å². The smallest absolute Gasteiger partial charge is 0.352 e. The number of hydrogen-bond donors (Lipinski definition) is 6. The number of carboxylic acid groups (broad SMARTS) is 1. The normalized spacial score (nSPS) is 27.0. The van der Waals surface area contributed by atoms with Crippen molar-refractivity contribution >= 4 is 57.8 Å². The Hall–Kier alpha value is -3.54. The van der Waals surface area contributed by atoms with Gasteiger partial charge in [0.15, 0.2) is 0 Å². The number of rotatable bonds is 7. The highest BCUT2D eigenvalue weighted by Crippen LogP contribution is 2.41. The van der Waals surface area contributed by atoms with Gasteiger partial charge in [-0.2, -0.15) is 9.36 Å². The van der Waals surface area contributed by atoms with Gasteiger partial charge in [0.05, 0.1) is 0 Å². The van der Waals surface area contributed by atoms with Crippen molar-refractivity contribution in [2.24, 2.45) is 5.16 Å². The number of thioether (sulfide) groups is 1. The zero-order valence-corrected chi connectivity index (χ0v) is 20.7. The monoisotopic (exact) mass is 550 g/mol. The summed E-state index contributed by atoms with van der Waals surface area (Å²) in [6.45, 7) is 2.15. The van der Waals surface area contributed by atoms with Crippen molar-refractivity contribution in [3.63, 3.8) is 0 Å². The molecule has 3 fully saturated rings. The molecule has 4 aliphatic heterocycles. The van der Waals surface area contributed by atoms with Crippen LogP contribution in [0, 0.1) is 0 Å². The molecule has 5 rings (SSSR count). The summed E-state index contributed by atoms with van der Waals surface area (Å²) in [5, 5.41) is 35.9. The van der Waals surface area contributed by atoms with Gasteiger partial charge < -0.3 is 25.8 Å². The average Bonchev–Trinajstić information content (AvgIpc) is 3.65. The number of carboxylic acids is 1. The van der Waals surface area contributed by atoms with E-state index in [9.17, 15) is 29.5 Å². The molecule has 3 atom stereocenters. The maximum atomic E-state index is 12.9. The number of anilines is 1. The number of allylic oxidation sites excluding steroid dienone is 1. The summed E-state index contributed by atoms with van der Waals surface area (Å²) in [5.41, 5.74) is 1.82. The Morgan fingerprint density at radius 2 is 2.11 bits per heavy atom. The van der Waals surface area contributed by atoms with Crippen molar-refractivity contribution in [1.29, 1.82) is 0 Å². The Morgan fingerprint density at radius 1 is 1.30 bits per heavy atom. The summed E-state index contributed by atoms with van der Waals surface area (Å²) < 4.78 is 3.79. The fraction of sp³-hybridized carbons (Fsp3) is 0.450. The Bertz CT molecular complexity index is 1250. The van der Waals surface area contributed by atoms with Crippen LogP contribution in [0.25, 0.3) is 0 Å². The fourth-order valence-corrected chi connectivity index (χ4v) is 6.53. The zero-order valence-electron chi connectivity index (χ0n) is 19.1. The summed E-state index contributed by atoms with van der Waals surface area (Å²) in [6.07, 6.45) is 2.94. The molecule has 17 heteroatoms. The second kappa shape index (κ2) is 10.1. The summed E-state index contributed by atoms with van der Waals surface area (Å²) in [6, 6.07) is -0.957. The first-order valence-electron chi connectivity index (χ1n) is 11.2. The minimum atomic E-state index is -1.31. The minimum absolute atomic E-state index is 0.0423. The van der Waals surface area contributed by atoms with Crippen LogP contribution < -0.4 is 16.1 Å². The van der Waals surface area contributed by atoms with E-state index in [1.54, 1.807) is 11.6 Å². The number of nitrogens with zero attached hydrogens (tertiary/aromatic N) is 5. The molecule has 0 spiro atoms. The maximum absolute atomic E-state index is 12.9. The van der Waals surface area contributed by atoms with E-state index >= 15 is 0 Å². The Morgan fingerprint density at radius 3 is 2.76 bits per heavy atom. The highest BCUT2D eigenvalue weighted by Gasteiger charge is 2.54. The van der Waals surface area contributed by atoms with Gasteiger partial charge in [-0.05, 0) is 31.0 Å². The third-order valence-electron chi connectivity index (χ3n) is 6.52. The van der Waals surface area contributed by atoms with Crippen LogP contribution in [0.1, 0.15) is 18.7 Å². The van der Waals surface area contributed by atoms with E-state index in [0.717, 1.165) is 24.4 Å². The molecule has 3 saturated heterocycles. The van der Waals surface area contributed by atoms with Crippen LogP contribution in [0.2, 0.25) is 0 Å².